The monoisotopic (exact) mass is 196 g/mol. The number of Topliss-reactive ketones (excluding diaryl/α,β-unsaturated/α-hetero) is 1. The second-order valence-electron chi connectivity index (χ2n) is 2.85. The number of hydrogen-bond donors (Lipinski definition) is 2. The van der Waals surface area contributed by atoms with E-state index in [0.29, 0.717) is 6.42 Å². The number of carbonyl (C=O) groups excluding carboxylic acids is 1. The number of thiol groups is 1. The molecule has 0 aliphatic carbocycles. The molecule has 0 bridgehead atoms. The van der Waals surface area contributed by atoms with E-state index in [-0.39, 0.29) is 18.1 Å². The van der Waals surface area contributed by atoms with E-state index in [0.717, 1.165) is 11.1 Å². The molecule has 0 amide bonds. The summed E-state index contributed by atoms with van der Waals surface area (Å²) >= 11 is 3.90. The number of benzene rings is 1. The topological polar surface area (TPSA) is 37.3 Å². The highest BCUT2D eigenvalue weighted by Gasteiger charge is 2.01. The summed E-state index contributed by atoms with van der Waals surface area (Å²) in [6, 6.07) is 7.38. The number of ketones is 1. The lowest BCUT2D eigenvalue weighted by molar-refractivity contribution is -0.115. The minimum absolute atomic E-state index is 0.0168. The highest BCUT2D eigenvalue weighted by Crippen LogP contribution is 2.06. The van der Waals surface area contributed by atoms with Gasteiger partial charge >= 0.3 is 0 Å². The molecule has 0 heterocycles. The van der Waals surface area contributed by atoms with E-state index in [4.69, 9.17) is 5.11 Å². The van der Waals surface area contributed by atoms with Gasteiger partial charge < -0.3 is 5.11 Å². The maximum atomic E-state index is 11.0. The maximum Gasteiger partial charge on any atom is 0.146 e. The standard InChI is InChI=1S/C10H12O2S/c11-6-9-3-1-2-8(4-9)5-10(12)7-13/h1-4,11,13H,5-7H2. The van der Waals surface area contributed by atoms with Crippen molar-refractivity contribution in [2.75, 3.05) is 5.75 Å². The molecule has 1 rings (SSSR count). The van der Waals surface area contributed by atoms with E-state index >= 15 is 0 Å². The first-order valence-electron chi connectivity index (χ1n) is 4.07. The highest BCUT2D eigenvalue weighted by atomic mass is 32.1. The summed E-state index contributed by atoms with van der Waals surface area (Å²) in [5.74, 6) is 0.363. The zero-order chi connectivity index (χ0) is 9.68. The smallest absolute Gasteiger partial charge is 0.146 e. The van der Waals surface area contributed by atoms with Crippen LogP contribution in [0.4, 0.5) is 0 Å². The van der Waals surface area contributed by atoms with Gasteiger partial charge in [0.2, 0.25) is 0 Å². The van der Waals surface area contributed by atoms with Crippen molar-refractivity contribution in [1.82, 2.24) is 0 Å². The van der Waals surface area contributed by atoms with Crippen LogP contribution in [0, 0.1) is 0 Å². The van der Waals surface area contributed by atoms with Gasteiger partial charge in [-0.05, 0) is 11.1 Å². The van der Waals surface area contributed by atoms with Gasteiger partial charge in [-0.25, -0.2) is 0 Å². The largest absolute Gasteiger partial charge is 0.392 e. The maximum absolute atomic E-state index is 11.0. The zero-order valence-electron chi connectivity index (χ0n) is 7.23. The summed E-state index contributed by atoms with van der Waals surface area (Å²) in [5.41, 5.74) is 1.77. The fourth-order valence-electron chi connectivity index (χ4n) is 1.12. The van der Waals surface area contributed by atoms with Crippen LogP contribution < -0.4 is 0 Å². The van der Waals surface area contributed by atoms with Gasteiger partial charge in [0.25, 0.3) is 0 Å². The van der Waals surface area contributed by atoms with Crippen molar-refractivity contribution in [2.24, 2.45) is 0 Å². The predicted octanol–water partition coefficient (Wildman–Crippen LogP) is 1.22. The lowest BCUT2D eigenvalue weighted by Crippen LogP contribution is -2.03. The van der Waals surface area contributed by atoms with Crippen LogP contribution in [0.15, 0.2) is 24.3 Å². The normalized spacial score (nSPS) is 10.0. The number of hydrogen-bond acceptors (Lipinski definition) is 3. The van der Waals surface area contributed by atoms with Crippen LogP contribution in [0.5, 0.6) is 0 Å². The van der Waals surface area contributed by atoms with Crippen molar-refractivity contribution in [3.63, 3.8) is 0 Å². The third-order valence-electron chi connectivity index (χ3n) is 1.75. The molecule has 0 aliphatic heterocycles. The van der Waals surface area contributed by atoms with Gasteiger partial charge in [0.1, 0.15) is 5.78 Å². The first-order chi connectivity index (χ1) is 6.26. The van der Waals surface area contributed by atoms with Crippen molar-refractivity contribution in [3.05, 3.63) is 35.4 Å². The molecule has 1 aromatic carbocycles. The van der Waals surface area contributed by atoms with E-state index in [1.165, 1.54) is 0 Å². The molecule has 0 spiro atoms. The molecule has 0 aromatic heterocycles. The Labute approximate surface area is 83.0 Å². The minimum atomic E-state index is 0.0168. The van der Waals surface area contributed by atoms with Crippen molar-refractivity contribution in [3.8, 4) is 0 Å². The fourth-order valence-corrected chi connectivity index (χ4v) is 1.23. The average molecular weight is 196 g/mol. The first kappa shape index (κ1) is 10.3. The van der Waals surface area contributed by atoms with Crippen LogP contribution in [0.2, 0.25) is 0 Å². The Morgan fingerprint density at radius 2 is 2.08 bits per heavy atom. The van der Waals surface area contributed by atoms with E-state index in [2.05, 4.69) is 12.6 Å². The molecule has 2 nitrogen and oxygen atoms in total. The molecule has 1 aromatic rings. The van der Waals surface area contributed by atoms with Crippen LogP contribution >= 0.6 is 12.6 Å². The van der Waals surface area contributed by atoms with Crippen molar-refractivity contribution < 1.29 is 9.90 Å². The SMILES string of the molecule is O=C(CS)Cc1cccc(CO)c1. The molecule has 70 valence electrons. The van der Waals surface area contributed by atoms with Gasteiger partial charge in [-0.3, -0.25) is 4.79 Å². The lowest BCUT2D eigenvalue weighted by atomic mass is 10.1. The minimum Gasteiger partial charge on any atom is -0.392 e. The summed E-state index contributed by atoms with van der Waals surface area (Å²) in [4.78, 5) is 11.0. The van der Waals surface area contributed by atoms with Crippen LogP contribution in [-0.2, 0) is 17.8 Å². The fraction of sp³-hybridized carbons (Fsp3) is 0.300. The molecule has 0 radical (unpaired) electrons. The molecule has 1 N–H and O–H groups in total. The van der Waals surface area contributed by atoms with Crippen LogP contribution in [0.25, 0.3) is 0 Å². The average Bonchev–Trinajstić information content (AvgIpc) is 2.18. The van der Waals surface area contributed by atoms with Crippen molar-refractivity contribution >= 4 is 18.4 Å². The second kappa shape index (κ2) is 5.04. The van der Waals surface area contributed by atoms with Gasteiger partial charge in [-0.2, -0.15) is 12.6 Å². The van der Waals surface area contributed by atoms with Crippen LogP contribution in [-0.4, -0.2) is 16.6 Å². The Kier molecular flexibility index (Phi) is 3.99. The Balaban J connectivity index is 2.71. The van der Waals surface area contributed by atoms with Crippen LogP contribution in [0.1, 0.15) is 11.1 Å². The molecular weight excluding hydrogens is 184 g/mol. The predicted molar refractivity (Wildman–Crippen MR) is 54.9 cm³/mol. The van der Waals surface area contributed by atoms with Gasteiger partial charge in [-0.15, -0.1) is 0 Å². The molecule has 13 heavy (non-hydrogen) atoms. The number of carbonyl (C=O) groups is 1. The molecule has 0 aliphatic rings. The lowest BCUT2D eigenvalue weighted by Gasteiger charge is -2.01. The summed E-state index contributed by atoms with van der Waals surface area (Å²) < 4.78 is 0. The van der Waals surface area contributed by atoms with Crippen LogP contribution in [0.3, 0.4) is 0 Å². The summed E-state index contributed by atoms with van der Waals surface area (Å²) in [6.07, 6.45) is 0.400. The van der Waals surface area contributed by atoms with Crippen molar-refractivity contribution in [2.45, 2.75) is 13.0 Å². The molecule has 0 atom stereocenters. The van der Waals surface area contributed by atoms with E-state index in [1.807, 2.05) is 24.3 Å². The third kappa shape index (κ3) is 3.20. The number of rotatable bonds is 4. The molecule has 0 fully saturated rings. The molecule has 0 saturated heterocycles. The molecule has 0 saturated carbocycles. The number of aliphatic hydroxyl groups is 1. The Bertz CT molecular complexity index is 297. The Morgan fingerprint density at radius 1 is 1.38 bits per heavy atom. The summed E-state index contributed by atoms with van der Waals surface area (Å²) in [6.45, 7) is 0.0168. The van der Waals surface area contributed by atoms with E-state index in [1.54, 1.807) is 0 Å². The van der Waals surface area contributed by atoms with Crippen molar-refractivity contribution in [1.29, 1.82) is 0 Å². The third-order valence-corrected chi connectivity index (χ3v) is 2.10. The number of aliphatic hydroxyl groups excluding tert-OH is 1. The first-order valence-corrected chi connectivity index (χ1v) is 4.70. The van der Waals surface area contributed by atoms with E-state index in [9.17, 15) is 4.79 Å². The molecular formula is C10H12O2S. The van der Waals surface area contributed by atoms with Gasteiger partial charge in [0.05, 0.1) is 6.61 Å². The summed E-state index contributed by atoms with van der Waals surface area (Å²) in [7, 11) is 0. The summed E-state index contributed by atoms with van der Waals surface area (Å²) in [5, 5.41) is 8.85. The zero-order valence-corrected chi connectivity index (χ0v) is 8.13. The van der Waals surface area contributed by atoms with E-state index < -0.39 is 0 Å². The molecule has 3 heteroatoms. The quantitative estimate of drug-likeness (QED) is 0.710. The highest BCUT2D eigenvalue weighted by molar-refractivity contribution is 7.81. The van der Waals surface area contributed by atoms with Gasteiger partial charge in [0.15, 0.2) is 0 Å². The Morgan fingerprint density at radius 3 is 2.69 bits per heavy atom. The van der Waals surface area contributed by atoms with Gasteiger partial charge in [-0.1, -0.05) is 24.3 Å². The second-order valence-corrected chi connectivity index (χ2v) is 3.17. The molecule has 0 unspecified atom stereocenters. The Hall–Kier alpha value is -0.800. The van der Waals surface area contributed by atoms with Gasteiger partial charge in [0, 0.05) is 12.2 Å².